The van der Waals surface area contributed by atoms with Gasteiger partial charge in [0.2, 0.25) is 15.5 Å². The zero-order valence-corrected chi connectivity index (χ0v) is 27.0. The average molecular weight is 682 g/mol. The van der Waals surface area contributed by atoms with Crippen LogP contribution in [0.2, 0.25) is 0 Å². The number of hydrogen-bond acceptors (Lipinski definition) is 9. The number of ether oxygens (including phenoxy) is 2. The number of rotatable bonds is 10. The predicted molar refractivity (Wildman–Crippen MR) is 165 cm³/mol. The van der Waals surface area contributed by atoms with Gasteiger partial charge in [0.05, 0.1) is 40.6 Å². The summed E-state index contributed by atoms with van der Waals surface area (Å²) in [5.41, 5.74) is -1.54. The number of piperidine rings is 1. The molecule has 2 saturated heterocycles. The minimum atomic E-state index is -4.24. The Morgan fingerprint density at radius 2 is 1.87 bits per heavy atom. The lowest BCUT2D eigenvalue weighted by Gasteiger charge is -2.38. The van der Waals surface area contributed by atoms with Gasteiger partial charge in [0.1, 0.15) is 29.2 Å². The Kier molecular flexibility index (Phi) is 9.48. The Hall–Kier alpha value is -3.57. The highest BCUT2D eigenvalue weighted by Gasteiger charge is 2.47. The Bertz CT molecular complexity index is 1910. The molecule has 0 radical (unpaired) electrons. The number of aliphatic hydroxyl groups excluding tert-OH is 1. The van der Waals surface area contributed by atoms with Crippen LogP contribution in [0.25, 0.3) is 10.9 Å². The van der Waals surface area contributed by atoms with Crippen molar-refractivity contribution in [3.63, 3.8) is 0 Å². The maximum atomic E-state index is 14.5. The van der Waals surface area contributed by atoms with Gasteiger partial charge >= 0.3 is 6.09 Å². The number of aryl methyl sites for hydroxylation is 1. The molecule has 3 aromatic rings. The minimum absolute atomic E-state index is 0.0257. The van der Waals surface area contributed by atoms with E-state index in [1.807, 2.05) is 0 Å². The minimum Gasteiger partial charge on any atom is -0.491 e. The molecule has 2 fully saturated rings. The zero-order valence-electron chi connectivity index (χ0n) is 25.3. The van der Waals surface area contributed by atoms with Crippen LogP contribution in [0.15, 0.2) is 63.2 Å². The van der Waals surface area contributed by atoms with E-state index >= 15 is 0 Å². The van der Waals surface area contributed by atoms with Gasteiger partial charge in [0.25, 0.3) is 0 Å². The van der Waals surface area contributed by atoms with Crippen molar-refractivity contribution >= 4 is 36.9 Å². The van der Waals surface area contributed by atoms with Crippen LogP contribution in [0, 0.1) is 5.82 Å². The molecule has 2 aromatic carbocycles. The number of para-hydroxylation sites is 1. The number of carbonyl (C=O) groups is 1. The van der Waals surface area contributed by atoms with Crippen molar-refractivity contribution in [1.29, 1.82) is 0 Å². The van der Waals surface area contributed by atoms with E-state index < -0.39 is 59.8 Å². The molecule has 1 amide bonds. The Balaban J connectivity index is 1.23. The molecule has 5 rings (SSSR count). The molecule has 3 heterocycles. The van der Waals surface area contributed by atoms with Crippen LogP contribution in [0.1, 0.15) is 26.2 Å². The molecule has 0 unspecified atom stereocenters. The third kappa shape index (κ3) is 6.76. The van der Waals surface area contributed by atoms with Gasteiger partial charge in [-0.1, -0.05) is 12.1 Å². The van der Waals surface area contributed by atoms with E-state index in [4.69, 9.17) is 9.47 Å². The Labute approximate surface area is 265 Å². The lowest BCUT2D eigenvalue weighted by molar-refractivity contribution is -0.0319. The summed E-state index contributed by atoms with van der Waals surface area (Å²) in [6.45, 7) is 1.48. The number of amides is 1. The highest BCUT2D eigenvalue weighted by atomic mass is 32.2. The van der Waals surface area contributed by atoms with Crippen molar-refractivity contribution in [2.24, 2.45) is 0 Å². The molecule has 16 heteroatoms. The molecular formula is C30H36FN3O10S2. The average Bonchev–Trinajstić information content (AvgIpc) is 3.41. The molecule has 46 heavy (non-hydrogen) atoms. The zero-order chi connectivity index (χ0) is 33.4. The molecular weight excluding hydrogens is 645 g/mol. The number of pyridine rings is 1. The van der Waals surface area contributed by atoms with E-state index in [-0.39, 0.29) is 80.2 Å². The van der Waals surface area contributed by atoms with Gasteiger partial charge < -0.3 is 29.2 Å². The monoisotopic (exact) mass is 681 g/mol. The first-order valence-corrected chi connectivity index (χ1v) is 18.0. The number of aromatic nitrogens is 1. The van der Waals surface area contributed by atoms with E-state index in [0.717, 1.165) is 11.2 Å². The van der Waals surface area contributed by atoms with Crippen molar-refractivity contribution in [1.82, 2.24) is 13.8 Å². The number of aliphatic hydroxyl groups is 1. The van der Waals surface area contributed by atoms with Gasteiger partial charge in [0, 0.05) is 32.1 Å². The molecule has 1 aromatic heterocycles. The molecule has 1 spiro atoms. The quantitative estimate of drug-likeness (QED) is 0.323. The van der Waals surface area contributed by atoms with Gasteiger partial charge in [-0.05, 0) is 56.5 Å². The topological polar surface area (TPSA) is 173 Å². The molecule has 2 N–H and O–H groups in total. The van der Waals surface area contributed by atoms with Gasteiger partial charge in [-0.25, -0.2) is 26.0 Å². The van der Waals surface area contributed by atoms with Crippen LogP contribution >= 0.6 is 0 Å². The van der Waals surface area contributed by atoms with Crippen LogP contribution < -0.4 is 10.2 Å². The molecule has 250 valence electrons. The predicted octanol–water partition coefficient (Wildman–Crippen LogP) is 2.30. The smallest absolute Gasteiger partial charge is 0.407 e. The SMILES string of the molecule is CCn1cc(S(=O)(=O)N2CCC3(CC2)C[C@@H](N(C[C@H](O)COc2cccc(S(C)(=O)=O)c2)C(=O)O)CO3)c(=O)c2cccc(F)c21. The van der Waals surface area contributed by atoms with Crippen molar-refractivity contribution in [3.8, 4) is 5.75 Å². The standard InChI is InChI=1S/C30H36FN3O10S2/c1-3-32-17-26(28(36)24-8-5-9-25(31)27(24)32)46(41,42)33-12-10-30(11-13-33)15-20(18-44-30)34(29(37)38)16-21(35)19-43-22-6-4-7-23(14-22)45(2,39)40/h4-9,14,17,20-21,35H,3,10-13,15-16,18-19H2,1-2H3,(H,37,38)/t20-,21+/m1/s1. The fourth-order valence-corrected chi connectivity index (χ4v) is 8.32. The lowest BCUT2D eigenvalue weighted by Crippen LogP contribution is -2.49. The number of sulfonamides is 1. The Morgan fingerprint density at radius 1 is 1.17 bits per heavy atom. The third-order valence-electron chi connectivity index (χ3n) is 8.57. The normalized spacial score (nSPS) is 19.3. The largest absolute Gasteiger partial charge is 0.491 e. The number of hydrogen-bond donors (Lipinski definition) is 2. The van der Waals surface area contributed by atoms with Crippen molar-refractivity contribution in [2.75, 3.05) is 39.1 Å². The molecule has 0 saturated carbocycles. The summed E-state index contributed by atoms with van der Waals surface area (Å²) in [4.78, 5) is 26.1. The van der Waals surface area contributed by atoms with Crippen LogP contribution in [-0.4, -0.2) is 104 Å². The molecule has 13 nitrogen and oxygen atoms in total. The van der Waals surface area contributed by atoms with E-state index in [9.17, 15) is 41.0 Å². The second-order valence-corrected chi connectivity index (χ2v) is 15.6. The summed E-state index contributed by atoms with van der Waals surface area (Å²) >= 11 is 0. The van der Waals surface area contributed by atoms with E-state index in [1.54, 1.807) is 6.92 Å². The number of sulfone groups is 1. The highest BCUT2D eigenvalue weighted by Crippen LogP contribution is 2.39. The maximum absolute atomic E-state index is 14.5. The number of halogens is 1. The van der Waals surface area contributed by atoms with Crippen LogP contribution in [0.5, 0.6) is 5.75 Å². The summed E-state index contributed by atoms with van der Waals surface area (Å²) in [6, 6.07) is 9.11. The highest BCUT2D eigenvalue weighted by molar-refractivity contribution is 7.90. The van der Waals surface area contributed by atoms with Crippen LogP contribution in [-0.2, 0) is 31.1 Å². The first-order valence-electron chi connectivity index (χ1n) is 14.7. The summed E-state index contributed by atoms with van der Waals surface area (Å²) < 4.78 is 79.6. The maximum Gasteiger partial charge on any atom is 0.407 e. The molecule has 2 aliphatic rings. The van der Waals surface area contributed by atoms with Gasteiger partial charge in [-0.15, -0.1) is 0 Å². The number of carboxylic acid groups (broad SMARTS) is 1. The third-order valence-corrected chi connectivity index (χ3v) is 11.6. The molecule has 2 aliphatic heterocycles. The van der Waals surface area contributed by atoms with Crippen LogP contribution in [0.4, 0.5) is 9.18 Å². The summed E-state index contributed by atoms with van der Waals surface area (Å²) in [7, 11) is -7.70. The first-order chi connectivity index (χ1) is 21.6. The van der Waals surface area contributed by atoms with Crippen molar-refractivity contribution < 1.29 is 45.7 Å². The van der Waals surface area contributed by atoms with E-state index in [2.05, 4.69) is 0 Å². The fraction of sp³-hybridized carbons (Fsp3) is 0.467. The number of nitrogens with zero attached hydrogens (tertiary/aromatic N) is 3. The Morgan fingerprint density at radius 3 is 2.52 bits per heavy atom. The van der Waals surface area contributed by atoms with E-state index in [0.29, 0.717) is 0 Å². The van der Waals surface area contributed by atoms with Gasteiger partial charge in [-0.3, -0.25) is 4.79 Å². The second-order valence-electron chi connectivity index (χ2n) is 11.6. The second kappa shape index (κ2) is 12.9. The summed E-state index contributed by atoms with van der Waals surface area (Å²) in [5, 5.41) is 20.5. The number of benzene rings is 2. The summed E-state index contributed by atoms with van der Waals surface area (Å²) in [6.07, 6.45) is 0.508. The van der Waals surface area contributed by atoms with Gasteiger partial charge in [0.15, 0.2) is 9.84 Å². The fourth-order valence-electron chi connectivity index (χ4n) is 6.11. The molecule has 2 atom stereocenters. The van der Waals surface area contributed by atoms with E-state index in [1.165, 1.54) is 57.5 Å². The number of fused-ring (bicyclic) bond motifs is 1. The van der Waals surface area contributed by atoms with Crippen molar-refractivity contribution in [2.45, 2.75) is 60.3 Å². The van der Waals surface area contributed by atoms with Crippen LogP contribution in [0.3, 0.4) is 0 Å². The summed E-state index contributed by atoms with van der Waals surface area (Å²) in [5.74, 6) is -0.415. The first kappa shape index (κ1) is 33.8. The van der Waals surface area contributed by atoms with Crippen molar-refractivity contribution in [3.05, 3.63) is 64.7 Å². The molecule has 0 bridgehead atoms. The molecule has 0 aliphatic carbocycles. The van der Waals surface area contributed by atoms with Gasteiger partial charge in [-0.2, -0.15) is 4.31 Å². The lowest BCUT2D eigenvalue weighted by atomic mass is 9.88.